The Morgan fingerprint density at radius 1 is 1.19 bits per heavy atom. The summed E-state index contributed by atoms with van der Waals surface area (Å²) in [6, 6.07) is 8.43. The van der Waals surface area contributed by atoms with Gasteiger partial charge in [0.1, 0.15) is 5.82 Å². The topological polar surface area (TPSA) is 53.6 Å². The molecule has 0 spiro atoms. The smallest absolute Gasteiger partial charge is 0.147 e. The molecule has 3 rings (SSSR count). The molecule has 1 aromatic carbocycles. The van der Waals surface area contributed by atoms with Crippen LogP contribution in [0, 0.1) is 13.8 Å². The fourth-order valence-electron chi connectivity index (χ4n) is 2.53. The number of aryl methyl sites for hydroxylation is 3. The van der Waals surface area contributed by atoms with Crippen LogP contribution in [0.5, 0.6) is 0 Å². The molecule has 0 bridgehead atoms. The average Bonchev–Trinajstić information content (AvgIpc) is 2.90. The van der Waals surface area contributed by atoms with Crippen molar-refractivity contribution in [3.05, 3.63) is 53.6 Å². The SMILES string of the molecule is Cc1cnc(C)c(NCCCc2c[nH]c3ccccc23)n1. The minimum Gasteiger partial charge on any atom is -0.369 e. The summed E-state index contributed by atoms with van der Waals surface area (Å²) in [5.41, 5.74) is 4.48. The predicted molar refractivity (Wildman–Crippen MR) is 86.6 cm³/mol. The van der Waals surface area contributed by atoms with Crippen LogP contribution in [0.1, 0.15) is 23.4 Å². The standard InChI is InChI=1S/C17H20N4/c1-12-10-19-13(2)17(21-12)18-9-5-6-14-11-20-16-8-4-3-7-15(14)16/h3-4,7-8,10-11,20H,5-6,9H2,1-2H3,(H,18,21). The first-order valence-corrected chi connectivity index (χ1v) is 7.33. The van der Waals surface area contributed by atoms with Crippen molar-refractivity contribution in [3.8, 4) is 0 Å². The number of hydrogen-bond acceptors (Lipinski definition) is 3. The number of rotatable bonds is 5. The quantitative estimate of drug-likeness (QED) is 0.702. The van der Waals surface area contributed by atoms with Gasteiger partial charge in [-0.05, 0) is 38.3 Å². The molecule has 2 N–H and O–H groups in total. The Morgan fingerprint density at radius 2 is 2.05 bits per heavy atom. The van der Waals surface area contributed by atoms with E-state index in [-0.39, 0.29) is 0 Å². The minimum absolute atomic E-state index is 0.897. The van der Waals surface area contributed by atoms with Crippen LogP contribution in [0.3, 0.4) is 0 Å². The van der Waals surface area contributed by atoms with Crippen molar-refractivity contribution in [1.82, 2.24) is 15.0 Å². The summed E-state index contributed by atoms with van der Waals surface area (Å²) < 4.78 is 0. The monoisotopic (exact) mass is 280 g/mol. The van der Waals surface area contributed by atoms with E-state index in [0.717, 1.165) is 36.6 Å². The van der Waals surface area contributed by atoms with Gasteiger partial charge in [0.15, 0.2) is 0 Å². The molecule has 0 amide bonds. The Hall–Kier alpha value is -2.36. The molecular formula is C17H20N4. The molecule has 0 saturated heterocycles. The maximum Gasteiger partial charge on any atom is 0.147 e. The molecule has 0 atom stereocenters. The summed E-state index contributed by atoms with van der Waals surface area (Å²) in [7, 11) is 0. The third-order valence-corrected chi connectivity index (χ3v) is 3.67. The molecule has 3 aromatic rings. The van der Waals surface area contributed by atoms with Gasteiger partial charge in [0, 0.05) is 29.8 Å². The highest BCUT2D eigenvalue weighted by Crippen LogP contribution is 2.19. The number of hydrogen-bond donors (Lipinski definition) is 2. The largest absolute Gasteiger partial charge is 0.369 e. The molecule has 108 valence electrons. The zero-order valence-corrected chi connectivity index (χ0v) is 12.5. The highest BCUT2D eigenvalue weighted by molar-refractivity contribution is 5.82. The number of nitrogens with zero attached hydrogens (tertiary/aromatic N) is 2. The van der Waals surface area contributed by atoms with Crippen molar-refractivity contribution in [2.45, 2.75) is 26.7 Å². The van der Waals surface area contributed by atoms with Gasteiger partial charge in [-0.3, -0.25) is 4.98 Å². The third-order valence-electron chi connectivity index (χ3n) is 3.67. The average molecular weight is 280 g/mol. The highest BCUT2D eigenvalue weighted by atomic mass is 15.0. The van der Waals surface area contributed by atoms with Gasteiger partial charge in [-0.1, -0.05) is 18.2 Å². The molecule has 0 saturated carbocycles. The van der Waals surface area contributed by atoms with Crippen LogP contribution in [-0.2, 0) is 6.42 Å². The molecule has 4 heteroatoms. The van der Waals surface area contributed by atoms with E-state index in [9.17, 15) is 0 Å². The van der Waals surface area contributed by atoms with Crippen molar-refractivity contribution in [3.63, 3.8) is 0 Å². The van der Waals surface area contributed by atoms with E-state index in [0.29, 0.717) is 0 Å². The van der Waals surface area contributed by atoms with Crippen molar-refractivity contribution in [2.24, 2.45) is 0 Å². The van der Waals surface area contributed by atoms with Crippen LogP contribution in [-0.4, -0.2) is 21.5 Å². The number of nitrogens with one attached hydrogen (secondary N) is 2. The lowest BCUT2D eigenvalue weighted by Crippen LogP contribution is -2.07. The summed E-state index contributed by atoms with van der Waals surface area (Å²) in [5.74, 6) is 0.897. The maximum absolute atomic E-state index is 4.48. The first-order valence-electron chi connectivity index (χ1n) is 7.33. The van der Waals surface area contributed by atoms with Crippen molar-refractivity contribution >= 4 is 16.7 Å². The molecule has 0 aliphatic rings. The molecule has 2 heterocycles. The lowest BCUT2D eigenvalue weighted by molar-refractivity contribution is 0.858. The van der Waals surface area contributed by atoms with E-state index in [1.54, 1.807) is 6.20 Å². The van der Waals surface area contributed by atoms with E-state index in [1.807, 2.05) is 13.8 Å². The number of fused-ring (bicyclic) bond motifs is 1. The number of para-hydroxylation sites is 1. The fourth-order valence-corrected chi connectivity index (χ4v) is 2.53. The molecule has 21 heavy (non-hydrogen) atoms. The first kappa shape index (κ1) is 13.6. The summed E-state index contributed by atoms with van der Waals surface area (Å²) in [5, 5.41) is 4.70. The van der Waals surface area contributed by atoms with Crippen LogP contribution >= 0.6 is 0 Å². The Labute approximate surface area is 124 Å². The van der Waals surface area contributed by atoms with E-state index in [4.69, 9.17) is 0 Å². The zero-order chi connectivity index (χ0) is 14.7. The predicted octanol–water partition coefficient (Wildman–Crippen LogP) is 3.62. The van der Waals surface area contributed by atoms with Crippen molar-refractivity contribution in [1.29, 1.82) is 0 Å². The Bertz CT molecular complexity index is 745. The van der Waals surface area contributed by atoms with Crippen molar-refractivity contribution in [2.75, 3.05) is 11.9 Å². The third kappa shape index (κ3) is 3.05. The van der Waals surface area contributed by atoms with Crippen LogP contribution in [0.25, 0.3) is 10.9 Å². The Kier molecular flexibility index (Phi) is 3.86. The van der Waals surface area contributed by atoms with Gasteiger partial charge in [-0.25, -0.2) is 4.98 Å². The van der Waals surface area contributed by atoms with E-state index in [2.05, 4.69) is 50.7 Å². The molecule has 0 unspecified atom stereocenters. The summed E-state index contributed by atoms with van der Waals surface area (Å²) in [4.78, 5) is 12.1. The molecule has 0 radical (unpaired) electrons. The van der Waals surface area contributed by atoms with E-state index < -0.39 is 0 Å². The number of anilines is 1. The number of aromatic amines is 1. The van der Waals surface area contributed by atoms with Crippen molar-refractivity contribution < 1.29 is 0 Å². The van der Waals surface area contributed by atoms with Crippen LogP contribution in [0.2, 0.25) is 0 Å². The van der Waals surface area contributed by atoms with Gasteiger partial charge >= 0.3 is 0 Å². The van der Waals surface area contributed by atoms with E-state index >= 15 is 0 Å². The summed E-state index contributed by atoms with van der Waals surface area (Å²) in [6.45, 7) is 4.84. The van der Waals surface area contributed by atoms with E-state index in [1.165, 1.54) is 16.5 Å². The molecule has 0 fully saturated rings. The zero-order valence-electron chi connectivity index (χ0n) is 12.5. The van der Waals surface area contributed by atoms with Gasteiger partial charge in [0.25, 0.3) is 0 Å². The lowest BCUT2D eigenvalue weighted by atomic mass is 10.1. The molecule has 4 nitrogen and oxygen atoms in total. The Morgan fingerprint density at radius 3 is 2.95 bits per heavy atom. The normalized spacial score (nSPS) is 11.0. The van der Waals surface area contributed by atoms with Gasteiger partial charge in [-0.15, -0.1) is 0 Å². The highest BCUT2D eigenvalue weighted by Gasteiger charge is 2.04. The van der Waals surface area contributed by atoms with Gasteiger partial charge in [0.05, 0.1) is 11.4 Å². The van der Waals surface area contributed by atoms with Crippen LogP contribution in [0.4, 0.5) is 5.82 Å². The Balaban J connectivity index is 1.58. The lowest BCUT2D eigenvalue weighted by Gasteiger charge is -2.08. The molecular weight excluding hydrogens is 260 g/mol. The van der Waals surface area contributed by atoms with Crippen LogP contribution < -0.4 is 5.32 Å². The van der Waals surface area contributed by atoms with Gasteiger partial charge in [-0.2, -0.15) is 0 Å². The molecule has 0 aliphatic carbocycles. The first-order chi connectivity index (χ1) is 10.2. The molecule has 0 aliphatic heterocycles. The number of aromatic nitrogens is 3. The summed E-state index contributed by atoms with van der Waals surface area (Å²) >= 11 is 0. The maximum atomic E-state index is 4.48. The number of benzene rings is 1. The van der Waals surface area contributed by atoms with Gasteiger partial charge in [0.2, 0.25) is 0 Å². The molecule has 2 aromatic heterocycles. The fraction of sp³-hybridized carbons (Fsp3) is 0.294. The second kappa shape index (κ2) is 5.95. The van der Waals surface area contributed by atoms with Crippen LogP contribution in [0.15, 0.2) is 36.7 Å². The van der Waals surface area contributed by atoms with Gasteiger partial charge < -0.3 is 10.3 Å². The summed E-state index contributed by atoms with van der Waals surface area (Å²) in [6.07, 6.45) is 6.03. The second-order valence-electron chi connectivity index (χ2n) is 5.34. The second-order valence-corrected chi connectivity index (χ2v) is 5.34. The minimum atomic E-state index is 0.897. The number of H-pyrrole nitrogens is 1.